The quantitative estimate of drug-likeness (QED) is 0.629. The molecule has 2 atom stereocenters. The molecule has 1 fully saturated rings. The van der Waals surface area contributed by atoms with E-state index in [0.29, 0.717) is 13.1 Å². The van der Waals surface area contributed by atoms with Gasteiger partial charge in [0.15, 0.2) is 5.69 Å². The van der Waals surface area contributed by atoms with E-state index >= 15 is 0 Å². The molecule has 1 aliphatic rings. The highest BCUT2D eigenvalue weighted by molar-refractivity contribution is 5.93. The topological polar surface area (TPSA) is 105 Å². The minimum Gasteiger partial charge on any atom is -0.358 e. The smallest absolute Gasteiger partial charge is 0.321 e. The third-order valence-electron chi connectivity index (χ3n) is 3.36. The molecule has 2 rings (SSSR count). The van der Waals surface area contributed by atoms with Gasteiger partial charge in [0.05, 0.1) is 0 Å². The van der Waals surface area contributed by atoms with Gasteiger partial charge in [-0.15, -0.1) is 12.4 Å². The second kappa shape index (κ2) is 6.03. The number of nitrogens with two attached hydrogens (primary N) is 1. The minimum absolute atomic E-state index is 0. The van der Waals surface area contributed by atoms with E-state index in [-0.39, 0.29) is 41.8 Å². The van der Waals surface area contributed by atoms with Crippen LogP contribution in [0.2, 0.25) is 0 Å². The third-order valence-corrected chi connectivity index (χ3v) is 3.36. The Hall–Kier alpha value is -1.60. The fourth-order valence-corrected chi connectivity index (χ4v) is 2.13. The molecule has 0 saturated carbocycles. The molecular weight excluding hydrogens is 272 g/mol. The van der Waals surface area contributed by atoms with Crippen LogP contribution in [0.5, 0.6) is 0 Å². The fourth-order valence-electron chi connectivity index (χ4n) is 2.13. The fraction of sp³-hybridized carbons (Fsp3) is 0.545. The van der Waals surface area contributed by atoms with Crippen LogP contribution >= 0.6 is 12.4 Å². The van der Waals surface area contributed by atoms with Gasteiger partial charge in [-0.25, -0.2) is 4.98 Å². The Morgan fingerprint density at radius 3 is 2.79 bits per heavy atom. The summed E-state index contributed by atoms with van der Waals surface area (Å²) in [6.07, 6.45) is 0.760. The largest absolute Gasteiger partial charge is 0.358 e. The number of amides is 1. The van der Waals surface area contributed by atoms with Crippen molar-refractivity contribution < 1.29 is 9.72 Å². The lowest BCUT2D eigenvalue weighted by Gasteiger charge is -2.34. The molecule has 2 unspecified atom stereocenters. The number of piperidine rings is 1. The number of hydrogen-bond donors (Lipinski definition) is 2. The van der Waals surface area contributed by atoms with E-state index in [9.17, 15) is 14.9 Å². The lowest BCUT2D eigenvalue weighted by atomic mass is 9.94. The van der Waals surface area contributed by atoms with Crippen molar-refractivity contribution in [3.8, 4) is 0 Å². The lowest BCUT2D eigenvalue weighted by Crippen LogP contribution is -2.48. The normalized spacial score (nSPS) is 22.7. The number of rotatable bonds is 2. The molecule has 0 aromatic carbocycles. The van der Waals surface area contributed by atoms with Crippen LogP contribution in [0, 0.1) is 16.0 Å². The molecule has 0 bridgehead atoms. The Kier molecular flexibility index (Phi) is 4.90. The first-order valence-electron chi connectivity index (χ1n) is 5.87. The van der Waals surface area contributed by atoms with Crippen molar-refractivity contribution in [2.45, 2.75) is 19.4 Å². The van der Waals surface area contributed by atoms with Crippen LogP contribution in [0.1, 0.15) is 23.8 Å². The summed E-state index contributed by atoms with van der Waals surface area (Å²) in [4.78, 5) is 26.3. The molecule has 1 amide bonds. The van der Waals surface area contributed by atoms with Gasteiger partial charge in [-0.3, -0.25) is 4.79 Å². The summed E-state index contributed by atoms with van der Waals surface area (Å²) in [5.41, 5.74) is 6.14. The molecule has 8 heteroatoms. The first-order valence-corrected chi connectivity index (χ1v) is 5.87. The average molecular weight is 289 g/mol. The van der Waals surface area contributed by atoms with Gasteiger partial charge in [0, 0.05) is 25.2 Å². The highest BCUT2D eigenvalue weighted by Gasteiger charge is 2.29. The van der Waals surface area contributed by atoms with E-state index in [1.165, 1.54) is 12.1 Å². The predicted octanol–water partition coefficient (Wildman–Crippen LogP) is 1.15. The summed E-state index contributed by atoms with van der Waals surface area (Å²) in [5, 5.41) is 10.5. The van der Waals surface area contributed by atoms with Crippen LogP contribution in [-0.2, 0) is 0 Å². The zero-order valence-electron chi connectivity index (χ0n) is 10.5. The Morgan fingerprint density at radius 2 is 2.26 bits per heavy atom. The number of nitrogens with zero attached hydrogens (tertiary/aromatic N) is 2. The zero-order valence-corrected chi connectivity index (χ0v) is 11.4. The summed E-state index contributed by atoms with van der Waals surface area (Å²) in [6, 6.07) is 2.86. The van der Waals surface area contributed by atoms with Gasteiger partial charge in [-0.05, 0) is 23.3 Å². The molecule has 2 heterocycles. The van der Waals surface area contributed by atoms with Gasteiger partial charge in [-0.2, -0.15) is 0 Å². The number of likely N-dealkylation sites (tertiary alicyclic amines) is 1. The Morgan fingerprint density at radius 1 is 1.58 bits per heavy atom. The second-order valence-electron chi connectivity index (χ2n) is 4.70. The predicted molar refractivity (Wildman–Crippen MR) is 72.4 cm³/mol. The van der Waals surface area contributed by atoms with Crippen molar-refractivity contribution >= 4 is 24.1 Å². The number of nitrogens with one attached hydrogen (secondary N) is 1. The maximum absolute atomic E-state index is 12.1. The highest BCUT2D eigenvalue weighted by atomic mass is 35.5. The molecule has 106 valence electrons. The van der Waals surface area contributed by atoms with E-state index in [1.54, 1.807) is 4.90 Å². The van der Waals surface area contributed by atoms with Gasteiger partial charge in [-0.1, -0.05) is 6.92 Å². The second-order valence-corrected chi connectivity index (χ2v) is 4.70. The number of hydrogen-bond acceptors (Lipinski definition) is 4. The molecule has 19 heavy (non-hydrogen) atoms. The zero-order chi connectivity index (χ0) is 13.3. The van der Waals surface area contributed by atoms with Crippen molar-refractivity contribution in [2.75, 3.05) is 13.1 Å². The highest BCUT2D eigenvalue weighted by Crippen LogP contribution is 2.18. The number of aromatic nitrogens is 1. The first kappa shape index (κ1) is 15.5. The van der Waals surface area contributed by atoms with Crippen molar-refractivity contribution in [3.63, 3.8) is 0 Å². The molecule has 1 aliphatic heterocycles. The number of carbonyl (C=O) groups excluding carboxylic acids is 1. The van der Waals surface area contributed by atoms with Crippen molar-refractivity contribution in [1.82, 2.24) is 9.88 Å². The Bertz CT molecular complexity index is 476. The van der Waals surface area contributed by atoms with Gasteiger partial charge in [0.25, 0.3) is 5.91 Å². The Balaban J connectivity index is 0.00000180. The van der Waals surface area contributed by atoms with Gasteiger partial charge in [0.1, 0.15) is 0 Å². The first-order chi connectivity index (χ1) is 8.49. The standard InChI is InChI=1S/C11H16N4O3.ClH/c1-7-6-14(5-4-8(7)12)11(16)9-2-3-10(13-9)15(17)18;/h2-3,7-8,13H,4-6,12H2,1H3;1H. The number of carbonyl (C=O) groups is 1. The van der Waals surface area contributed by atoms with E-state index in [4.69, 9.17) is 5.73 Å². The molecule has 0 spiro atoms. The van der Waals surface area contributed by atoms with Crippen molar-refractivity contribution in [3.05, 3.63) is 27.9 Å². The number of aromatic amines is 1. The Labute approximate surface area is 116 Å². The third kappa shape index (κ3) is 3.24. The van der Waals surface area contributed by atoms with Crippen LogP contribution in [0.15, 0.2) is 12.1 Å². The van der Waals surface area contributed by atoms with Crippen molar-refractivity contribution in [2.24, 2.45) is 11.7 Å². The van der Waals surface area contributed by atoms with Gasteiger partial charge < -0.3 is 20.7 Å². The minimum atomic E-state index is -0.550. The van der Waals surface area contributed by atoms with Crippen LogP contribution < -0.4 is 5.73 Å². The average Bonchev–Trinajstić information content (AvgIpc) is 2.81. The SMILES string of the molecule is CC1CN(C(=O)c2ccc([N+](=O)[O-])[nH]2)CCC1N.Cl. The molecule has 7 nitrogen and oxygen atoms in total. The number of H-pyrrole nitrogens is 1. The summed E-state index contributed by atoms with van der Waals surface area (Å²) < 4.78 is 0. The monoisotopic (exact) mass is 288 g/mol. The molecule has 1 aromatic rings. The lowest BCUT2D eigenvalue weighted by molar-refractivity contribution is -0.389. The molecule has 0 aliphatic carbocycles. The van der Waals surface area contributed by atoms with Crippen LogP contribution in [-0.4, -0.2) is 39.8 Å². The summed E-state index contributed by atoms with van der Waals surface area (Å²) in [6.45, 7) is 3.19. The molecular formula is C11H17ClN4O3. The number of nitro groups is 1. The molecule has 0 radical (unpaired) electrons. The van der Waals surface area contributed by atoms with Crippen LogP contribution in [0.3, 0.4) is 0 Å². The molecule has 1 saturated heterocycles. The number of halogens is 1. The maximum Gasteiger partial charge on any atom is 0.321 e. The summed E-state index contributed by atoms with van der Waals surface area (Å²) in [7, 11) is 0. The molecule has 3 N–H and O–H groups in total. The van der Waals surface area contributed by atoms with Gasteiger partial charge in [0.2, 0.25) is 0 Å². The van der Waals surface area contributed by atoms with E-state index < -0.39 is 4.92 Å². The maximum atomic E-state index is 12.1. The van der Waals surface area contributed by atoms with E-state index in [2.05, 4.69) is 4.98 Å². The summed E-state index contributed by atoms with van der Waals surface area (Å²) >= 11 is 0. The van der Waals surface area contributed by atoms with Crippen molar-refractivity contribution in [1.29, 1.82) is 0 Å². The van der Waals surface area contributed by atoms with Gasteiger partial charge >= 0.3 is 5.82 Å². The van der Waals surface area contributed by atoms with E-state index in [0.717, 1.165) is 6.42 Å². The van der Waals surface area contributed by atoms with Crippen LogP contribution in [0.4, 0.5) is 5.82 Å². The summed E-state index contributed by atoms with van der Waals surface area (Å²) in [5.74, 6) is -0.130. The van der Waals surface area contributed by atoms with E-state index in [1.807, 2.05) is 6.92 Å². The van der Waals surface area contributed by atoms with Crippen LogP contribution in [0.25, 0.3) is 0 Å². The molecule has 1 aromatic heterocycles.